The van der Waals surface area contributed by atoms with Crippen LogP contribution in [0.1, 0.15) is 31.4 Å². The van der Waals surface area contributed by atoms with Crippen molar-refractivity contribution >= 4 is 33.4 Å². The molecule has 3 aromatic heterocycles. The summed E-state index contributed by atoms with van der Waals surface area (Å²) in [5.41, 5.74) is 3.70. The summed E-state index contributed by atoms with van der Waals surface area (Å²) in [6.45, 7) is 5.69. The summed E-state index contributed by atoms with van der Waals surface area (Å²) in [6, 6.07) is 7.41. The predicted molar refractivity (Wildman–Crippen MR) is 103 cm³/mol. The molecular weight excluding hydrogens is 364 g/mol. The Morgan fingerprint density at radius 1 is 1.30 bits per heavy atom. The van der Waals surface area contributed by atoms with Gasteiger partial charge in [0.2, 0.25) is 5.91 Å². The number of hydrogen-bond acceptors (Lipinski definition) is 7. The van der Waals surface area contributed by atoms with Gasteiger partial charge in [-0.3, -0.25) is 4.79 Å². The van der Waals surface area contributed by atoms with Gasteiger partial charge in [0.05, 0.1) is 11.0 Å². The van der Waals surface area contributed by atoms with E-state index >= 15 is 0 Å². The number of nitrogens with zero attached hydrogens (tertiary/aromatic N) is 5. The second-order valence-corrected chi connectivity index (χ2v) is 7.00. The molecule has 9 heteroatoms. The Hall–Kier alpha value is -3.07. The number of rotatable bonds is 5. The maximum absolute atomic E-state index is 12.8. The normalized spacial score (nSPS) is 12.4. The summed E-state index contributed by atoms with van der Waals surface area (Å²) in [5, 5.41) is 12.8. The van der Waals surface area contributed by atoms with Crippen molar-refractivity contribution in [1.82, 2.24) is 24.8 Å². The third kappa shape index (κ3) is 3.10. The summed E-state index contributed by atoms with van der Waals surface area (Å²) in [6.07, 6.45) is 0.742. The quantitative estimate of drug-likeness (QED) is 0.566. The highest BCUT2D eigenvalue weighted by molar-refractivity contribution is 7.14. The van der Waals surface area contributed by atoms with Gasteiger partial charge in [-0.15, -0.1) is 11.3 Å². The summed E-state index contributed by atoms with van der Waals surface area (Å²) in [5.74, 6) is 0.728. The Balaban J connectivity index is 1.59. The average molecular weight is 382 g/mol. The van der Waals surface area contributed by atoms with E-state index in [2.05, 4.69) is 25.6 Å². The fourth-order valence-electron chi connectivity index (χ4n) is 3.01. The first-order chi connectivity index (χ1) is 13.1. The molecular formula is C18H18N6O2S. The number of anilines is 1. The van der Waals surface area contributed by atoms with Crippen LogP contribution in [0.5, 0.6) is 0 Å². The maximum atomic E-state index is 12.8. The molecule has 3 heterocycles. The molecule has 1 atom stereocenters. The summed E-state index contributed by atoms with van der Waals surface area (Å²) in [7, 11) is 0. The van der Waals surface area contributed by atoms with Crippen LogP contribution in [0.2, 0.25) is 0 Å². The van der Waals surface area contributed by atoms with Crippen LogP contribution < -0.4 is 5.32 Å². The van der Waals surface area contributed by atoms with Gasteiger partial charge < -0.3 is 9.88 Å². The maximum Gasteiger partial charge on any atom is 0.248 e. The topological polar surface area (TPSA) is 98.7 Å². The number of fused-ring (bicyclic) bond motifs is 1. The molecule has 27 heavy (non-hydrogen) atoms. The van der Waals surface area contributed by atoms with E-state index in [1.54, 1.807) is 6.92 Å². The standard InChI is InChI=1S/C18H18N6O2S/c1-4-15-19-12-7-5-6-8-14(12)24(15)11(3)17(25)21-18-20-13(9-27-18)16-10(2)22-26-23-16/h5-9,11H,4H2,1-3H3,(H,20,21,25)/t11-/m1/s1. The average Bonchev–Trinajstić information content (AvgIpc) is 3.38. The molecule has 1 N–H and O–H groups in total. The Morgan fingerprint density at radius 3 is 2.85 bits per heavy atom. The Labute approximate surface area is 159 Å². The van der Waals surface area contributed by atoms with Crippen LogP contribution in [0.15, 0.2) is 34.3 Å². The van der Waals surface area contributed by atoms with Crippen molar-refractivity contribution in [1.29, 1.82) is 0 Å². The molecule has 1 aromatic carbocycles. The number of amides is 1. The number of imidazole rings is 1. The van der Waals surface area contributed by atoms with Crippen LogP contribution >= 0.6 is 11.3 Å². The monoisotopic (exact) mass is 382 g/mol. The van der Waals surface area contributed by atoms with Crippen LogP contribution in [0.3, 0.4) is 0 Å². The Kier molecular flexibility index (Phi) is 4.44. The fraction of sp³-hybridized carbons (Fsp3) is 0.278. The van der Waals surface area contributed by atoms with Gasteiger partial charge in [-0.25, -0.2) is 14.6 Å². The molecule has 0 fully saturated rings. The zero-order valence-corrected chi connectivity index (χ0v) is 15.9. The van der Waals surface area contributed by atoms with E-state index < -0.39 is 6.04 Å². The van der Waals surface area contributed by atoms with Crippen molar-refractivity contribution in [2.24, 2.45) is 0 Å². The number of para-hydroxylation sites is 2. The largest absolute Gasteiger partial charge is 0.316 e. The number of thiazole rings is 1. The number of aromatic nitrogens is 5. The van der Waals surface area contributed by atoms with Crippen molar-refractivity contribution in [2.45, 2.75) is 33.2 Å². The van der Waals surface area contributed by atoms with Crippen molar-refractivity contribution < 1.29 is 9.42 Å². The molecule has 0 bridgehead atoms. The molecule has 0 unspecified atom stereocenters. The lowest BCUT2D eigenvalue weighted by atomic mass is 10.2. The van der Waals surface area contributed by atoms with Crippen molar-refractivity contribution in [3.63, 3.8) is 0 Å². The third-order valence-electron chi connectivity index (χ3n) is 4.38. The molecule has 4 aromatic rings. The lowest BCUT2D eigenvalue weighted by Gasteiger charge is -2.16. The minimum absolute atomic E-state index is 0.149. The highest BCUT2D eigenvalue weighted by atomic mass is 32.1. The molecule has 0 radical (unpaired) electrons. The van der Waals surface area contributed by atoms with Crippen molar-refractivity contribution in [3.8, 4) is 11.4 Å². The number of nitrogens with one attached hydrogen (secondary N) is 1. The highest BCUT2D eigenvalue weighted by Gasteiger charge is 2.22. The van der Waals surface area contributed by atoms with Crippen molar-refractivity contribution in [2.75, 3.05) is 5.32 Å². The minimum atomic E-state index is -0.421. The SMILES string of the molecule is CCc1nc2ccccc2n1[C@H](C)C(=O)Nc1nc(-c2nonc2C)cs1. The second kappa shape index (κ2) is 6.92. The van der Waals surface area contributed by atoms with E-state index in [-0.39, 0.29) is 5.91 Å². The lowest BCUT2D eigenvalue weighted by molar-refractivity contribution is -0.118. The first-order valence-corrected chi connectivity index (χ1v) is 9.48. The Morgan fingerprint density at radius 2 is 2.11 bits per heavy atom. The number of benzene rings is 1. The molecule has 1 amide bonds. The molecule has 0 saturated heterocycles. The first-order valence-electron chi connectivity index (χ1n) is 8.60. The number of carbonyl (C=O) groups is 1. The zero-order chi connectivity index (χ0) is 19.0. The van der Waals surface area contributed by atoms with Gasteiger partial charge in [-0.1, -0.05) is 24.2 Å². The van der Waals surface area contributed by atoms with Gasteiger partial charge in [0.15, 0.2) is 10.8 Å². The van der Waals surface area contributed by atoms with E-state index in [0.29, 0.717) is 22.2 Å². The molecule has 138 valence electrons. The van der Waals surface area contributed by atoms with Gasteiger partial charge in [0, 0.05) is 11.8 Å². The lowest BCUT2D eigenvalue weighted by Crippen LogP contribution is -2.24. The predicted octanol–water partition coefficient (Wildman–Crippen LogP) is 3.61. The fourth-order valence-corrected chi connectivity index (χ4v) is 3.70. The molecule has 0 aliphatic carbocycles. The van der Waals surface area contributed by atoms with Crippen LogP contribution in [-0.2, 0) is 11.2 Å². The van der Waals surface area contributed by atoms with E-state index in [9.17, 15) is 4.79 Å². The molecule has 0 aliphatic rings. The van der Waals surface area contributed by atoms with E-state index in [1.807, 2.05) is 48.1 Å². The van der Waals surface area contributed by atoms with E-state index in [0.717, 1.165) is 23.3 Å². The molecule has 0 aliphatic heterocycles. The highest BCUT2D eigenvalue weighted by Crippen LogP contribution is 2.27. The van der Waals surface area contributed by atoms with Crippen molar-refractivity contribution in [3.05, 3.63) is 41.2 Å². The number of aryl methyl sites for hydroxylation is 2. The third-order valence-corrected chi connectivity index (χ3v) is 5.14. The summed E-state index contributed by atoms with van der Waals surface area (Å²) in [4.78, 5) is 21.9. The van der Waals surface area contributed by atoms with Crippen LogP contribution in [0.4, 0.5) is 5.13 Å². The van der Waals surface area contributed by atoms with Gasteiger partial charge in [-0.2, -0.15) is 0 Å². The zero-order valence-electron chi connectivity index (χ0n) is 15.1. The number of hydrogen-bond donors (Lipinski definition) is 1. The van der Waals surface area contributed by atoms with Crippen LogP contribution in [0.25, 0.3) is 22.4 Å². The Bertz CT molecular complexity index is 1110. The molecule has 0 spiro atoms. The van der Waals surface area contributed by atoms with E-state index in [4.69, 9.17) is 4.63 Å². The van der Waals surface area contributed by atoms with Crippen LogP contribution in [-0.4, -0.2) is 30.8 Å². The van der Waals surface area contributed by atoms with Crippen LogP contribution in [0, 0.1) is 6.92 Å². The summed E-state index contributed by atoms with van der Waals surface area (Å²) < 4.78 is 6.69. The molecule has 8 nitrogen and oxygen atoms in total. The van der Waals surface area contributed by atoms with E-state index in [1.165, 1.54) is 11.3 Å². The first kappa shape index (κ1) is 17.3. The van der Waals surface area contributed by atoms with Gasteiger partial charge >= 0.3 is 0 Å². The minimum Gasteiger partial charge on any atom is -0.316 e. The smallest absolute Gasteiger partial charge is 0.248 e. The van der Waals surface area contributed by atoms with Gasteiger partial charge in [0.1, 0.15) is 23.3 Å². The summed E-state index contributed by atoms with van der Waals surface area (Å²) >= 11 is 1.34. The second-order valence-electron chi connectivity index (χ2n) is 6.14. The van der Waals surface area contributed by atoms with Gasteiger partial charge in [0.25, 0.3) is 0 Å². The molecule has 4 rings (SSSR count). The molecule has 0 saturated carbocycles. The van der Waals surface area contributed by atoms with Gasteiger partial charge in [-0.05, 0) is 31.1 Å². The number of carbonyl (C=O) groups excluding carboxylic acids is 1.